The number of nitrogen functional groups attached to an aromatic ring is 1. The van der Waals surface area contributed by atoms with Crippen LogP contribution in [0.25, 0.3) is 11.3 Å². The van der Waals surface area contributed by atoms with Gasteiger partial charge in [-0.2, -0.15) is 0 Å². The van der Waals surface area contributed by atoms with Crippen molar-refractivity contribution in [1.82, 2.24) is 9.97 Å². The van der Waals surface area contributed by atoms with Gasteiger partial charge in [0.15, 0.2) is 0 Å². The highest BCUT2D eigenvalue weighted by atomic mass is 14.8. The minimum absolute atomic E-state index is 0.517. The molecule has 0 aromatic carbocycles. The molecule has 0 spiro atoms. The zero-order valence-electron chi connectivity index (χ0n) is 6.94. The predicted octanol–water partition coefficient (Wildman–Crippen LogP) is 1.53. The van der Waals surface area contributed by atoms with Crippen molar-refractivity contribution in [3.8, 4) is 11.3 Å². The number of nitrogens with two attached hydrogens (primary N) is 1. The Bertz CT molecular complexity index is 381. The van der Waals surface area contributed by atoms with Gasteiger partial charge >= 0.3 is 0 Å². The molecule has 0 amide bonds. The van der Waals surface area contributed by atoms with Crippen molar-refractivity contribution in [2.75, 3.05) is 5.73 Å². The van der Waals surface area contributed by atoms with Crippen molar-refractivity contribution in [3.05, 3.63) is 42.7 Å². The summed E-state index contributed by atoms with van der Waals surface area (Å²) >= 11 is 0. The van der Waals surface area contributed by atoms with E-state index >= 15 is 0 Å². The number of rotatable bonds is 1. The summed E-state index contributed by atoms with van der Waals surface area (Å²) in [5.41, 5.74) is 7.27. The van der Waals surface area contributed by atoms with Gasteiger partial charge in [-0.1, -0.05) is 6.07 Å². The lowest BCUT2D eigenvalue weighted by Crippen LogP contribution is -1.89. The lowest BCUT2D eigenvalue weighted by atomic mass is 10.2. The molecule has 63 valence electrons. The van der Waals surface area contributed by atoms with E-state index in [4.69, 9.17) is 5.73 Å². The summed E-state index contributed by atoms with van der Waals surface area (Å²) in [5.74, 6) is 0.517. The van der Waals surface area contributed by atoms with Gasteiger partial charge in [-0.05, 0) is 24.3 Å². The number of anilines is 1. The van der Waals surface area contributed by atoms with E-state index < -0.39 is 0 Å². The van der Waals surface area contributed by atoms with Crippen molar-refractivity contribution < 1.29 is 0 Å². The van der Waals surface area contributed by atoms with Crippen LogP contribution in [0.4, 0.5) is 5.82 Å². The molecule has 2 aromatic rings. The fourth-order valence-corrected chi connectivity index (χ4v) is 1.04. The van der Waals surface area contributed by atoms with Crippen LogP contribution in [0.1, 0.15) is 0 Å². The predicted molar refractivity (Wildman–Crippen MR) is 50.7 cm³/mol. The van der Waals surface area contributed by atoms with E-state index in [-0.39, 0.29) is 0 Å². The van der Waals surface area contributed by atoms with Crippen molar-refractivity contribution in [3.63, 3.8) is 0 Å². The Kier molecular flexibility index (Phi) is 1.92. The molecule has 13 heavy (non-hydrogen) atoms. The average Bonchev–Trinajstić information content (AvgIpc) is 2.20. The highest BCUT2D eigenvalue weighted by molar-refractivity contribution is 5.58. The van der Waals surface area contributed by atoms with Crippen LogP contribution in [-0.2, 0) is 0 Å². The van der Waals surface area contributed by atoms with E-state index in [9.17, 15) is 0 Å². The molecule has 2 heterocycles. The molecule has 1 radical (unpaired) electrons. The van der Waals surface area contributed by atoms with Crippen LogP contribution < -0.4 is 5.73 Å². The Labute approximate surface area is 76.3 Å². The van der Waals surface area contributed by atoms with Crippen LogP contribution in [0.15, 0.2) is 36.5 Å². The molecule has 0 unspecified atom stereocenters. The van der Waals surface area contributed by atoms with Gasteiger partial charge in [-0.3, -0.25) is 0 Å². The molecular formula is C10H8N3. The van der Waals surface area contributed by atoms with Crippen LogP contribution in [0.5, 0.6) is 0 Å². The van der Waals surface area contributed by atoms with Crippen LogP contribution in [0.2, 0.25) is 0 Å². The van der Waals surface area contributed by atoms with Crippen molar-refractivity contribution in [2.24, 2.45) is 0 Å². The first kappa shape index (κ1) is 7.73. The molecule has 0 aliphatic rings. The molecule has 0 saturated carbocycles. The van der Waals surface area contributed by atoms with Gasteiger partial charge in [0.1, 0.15) is 5.82 Å². The summed E-state index contributed by atoms with van der Waals surface area (Å²) in [6.07, 6.45) is 4.46. The highest BCUT2D eigenvalue weighted by Crippen LogP contribution is 2.14. The first-order chi connectivity index (χ1) is 6.36. The molecule has 0 fully saturated rings. The fraction of sp³-hybridized carbons (Fsp3) is 0. The van der Waals surface area contributed by atoms with E-state index in [1.807, 2.05) is 18.2 Å². The van der Waals surface area contributed by atoms with E-state index in [1.165, 1.54) is 0 Å². The molecule has 2 rings (SSSR count). The van der Waals surface area contributed by atoms with Gasteiger partial charge in [0.2, 0.25) is 0 Å². The molecule has 3 heteroatoms. The van der Waals surface area contributed by atoms with Crippen LogP contribution in [0, 0.1) is 6.20 Å². The Morgan fingerprint density at radius 3 is 2.77 bits per heavy atom. The molecule has 2 N–H and O–H groups in total. The second kappa shape index (κ2) is 3.23. The SMILES string of the molecule is Nc1ccc(-c2ccc[c]n2)cn1. The summed E-state index contributed by atoms with van der Waals surface area (Å²) < 4.78 is 0. The standard InChI is InChI=1S/C10H8N3/c11-10-5-4-8(7-13-10)9-3-1-2-6-12-9/h1-5,7H,(H2,11,13). The molecule has 0 atom stereocenters. The molecule has 3 nitrogen and oxygen atoms in total. The number of pyridine rings is 2. The maximum atomic E-state index is 5.47. The van der Waals surface area contributed by atoms with E-state index in [1.54, 1.807) is 18.3 Å². The Morgan fingerprint density at radius 1 is 1.23 bits per heavy atom. The second-order valence-corrected chi connectivity index (χ2v) is 2.62. The lowest BCUT2D eigenvalue weighted by Gasteiger charge is -1.98. The molecule has 0 bridgehead atoms. The maximum Gasteiger partial charge on any atom is 0.123 e. The first-order valence-corrected chi connectivity index (χ1v) is 3.91. The third kappa shape index (κ3) is 1.64. The average molecular weight is 170 g/mol. The van der Waals surface area contributed by atoms with Crippen molar-refractivity contribution in [1.29, 1.82) is 0 Å². The molecule has 0 saturated heterocycles. The van der Waals surface area contributed by atoms with Crippen LogP contribution in [0.3, 0.4) is 0 Å². The van der Waals surface area contributed by atoms with Gasteiger partial charge in [0.25, 0.3) is 0 Å². The minimum atomic E-state index is 0.517. The monoisotopic (exact) mass is 170 g/mol. The second-order valence-electron chi connectivity index (χ2n) is 2.62. The van der Waals surface area contributed by atoms with Crippen LogP contribution in [-0.4, -0.2) is 9.97 Å². The number of aromatic nitrogens is 2. The van der Waals surface area contributed by atoms with Gasteiger partial charge < -0.3 is 5.73 Å². The van der Waals surface area contributed by atoms with Gasteiger partial charge in [-0.25, -0.2) is 9.97 Å². The highest BCUT2D eigenvalue weighted by Gasteiger charge is 1.96. The van der Waals surface area contributed by atoms with Gasteiger partial charge in [-0.15, -0.1) is 0 Å². The number of hydrogen-bond acceptors (Lipinski definition) is 3. The van der Waals surface area contributed by atoms with E-state index in [0.717, 1.165) is 11.3 Å². The third-order valence-electron chi connectivity index (χ3n) is 1.69. The van der Waals surface area contributed by atoms with Gasteiger partial charge in [0.05, 0.1) is 11.9 Å². The van der Waals surface area contributed by atoms with Crippen molar-refractivity contribution in [2.45, 2.75) is 0 Å². The molecule has 0 aliphatic heterocycles. The van der Waals surface area contributed by atoms with Crippen molar-refractivity contribution >= 4 is 5.82 Å². The fourth-order valence-electron chi connectivity index (χ4n) is 1.04. The quantitative estimate of drug-likeness (QED) is 0.706. The number of hydrogen-bond donors (Lipinski definition) is 1. The molecule has 0 aliphatic carbocycles. The topological polar surface area (TPSA) is 51.8 Å². The Balaban J connectivity index is 2.42. The normalized spacial score (nSPS) is 9.85. The molecule has 2 aromatic heterocycles. The largest absolute Gasteiger partial charge is 0.384 e. The third-order valence-corrected chi connectivity index (χ3v) is 1.69. The Hall–Kier alpha value is -1.90. The maximum absolute atomic E-state index is 5.47. The summed E-state index contributed by atoms with van der Waals surface area (Å²) in [6, 6.07) is 9.19. The van der Waals surface area contributed by atoms with Gasteiger partial charge in [0, 0.05) is 11.8 Å². The number of nitrogens with zero attached hydrogens (tertiary/aromatic N) is 2. The van der Waals surface area contributed by atoms with E-state index in [2.05, 4.69) is 16.2 Å². The minimum Gasteiger partial charge on any atom is -0.384 e. The Morgan fingerprint density at radius 2 is 2.15 bits per heavy atom. The molecular weight excluding hydrogens is 162 g/mol. The zero-order valence-corrected chi connectivity index (χ0v) is 6.94. The summed E-state index contributed by atoms with van der Waals surface area (Å²) in [7, 11) is 0. The zero-order chi connectivity index (χ0) is 9.10. The summed E-state index contributed by atoms with van der Waals surface area (Å²) in [5, 5.41) is 0. The summed E-state index contributed by atoms with van der Waals surface area (Å²) in [4.78, 5) is 8.05. The summed E-state index contributed by atoms with van der Waals surface area (Å²) in [6.45, 7) is 0. The first-order valence-electron chi connectivity index (χ1n) is 3.91. The lowest BCUT2D eigenvalue weighted by molar-refractivity contribution is 1.27. The van der Waals surface area contributed by atoms with E-state index in [0.29, 0.717) is 5.82 Å². The van der Waals surface area contributed by atoms with Crippen LogP contribution >= 0.6 is 0 Å². The smallest absolute Gasteiger partial charge is 0.123 e.